The minimum atomic E-state index is -0.836. The van der Waals surface area contributed by atoms with Gasteiger partial charge in [-0.2, -0.15) is 4.39 Å². The lowest BCUT2D eigenvalue weighted by atomic mass is 9.64. The molecular weight excluding hydrogens is 320 g/mol. The standard InChI is InChI=1S/C21H25F2NO/c1-3-12-6-11-7-17-14-8-16-15(9-18(25-2)20(23)19(16)22)13(14)4-5-24(10-11)21(12)17/h9,11-12,17,21H,3-8,10H2,1-2H3/t11-,12+,17+,21+/m1/s1. The predicted octanol–water partition coefficient (Wildman–Crippen LogP) is 4.42. The van der Waals surface area contributed by atoms with E-state index in [0.717, 1.165) is 30.4 Å². The number of fused-ring (bicyclic) bond motifs is 3. The Hall–Kier alpha value is -1.42. The molecule has 3 heterocycles. The summed E-state index contributed by atoms with van der Waals surface area (Å²) >= 11 is 0. The van der Waals surface area contributed by atoms with E-state index in [0.29, 0.717) is 23.9 Å². The summed E-state index contributed by atoms with van der Waals surface area (Å²) in [6, 6.07) is 2.34. The van der Waals surface area contributed by atoms with Crippen molar-refractivity contribution in [1.82, 2.24) is 4.90 Å². The van der Waals surface area contributed by atoms with Gasteiger partial charge in [-0.1, -0.05) is 18.9 Å². The summed E-state index contributed by atoms with van der Waals surface area (Å²) in [7, 11) is 1.41. The first-order valence-corrected chi connectivity index (χ1v) is 9.63. The van der Waals surface area contributed by atoms with Crippen LogP contribution in [0.25, 0.3) is 5.57 Å². The molecule has 0 aromatic heterocycles. The van der Waals surface area contributed by atoms with Gasteiger partial charge >= 0.3 is 0 Å². The molecule has 4 heteroatoms. The molecule has 5 atom stereocenters. The summed E-state index contributed by atoms with van der Waals surface area (Å²) in [6.07, 6.45) is 5.34. The Morgan fingerprint density at radius 2 is 2.08 bits per heavy atom. The molecule has 1 aromatic rings. The Bertz CT molecular complexity index is 772. The van der Waals surface area contributed by atoms with Crippen molar-refractivity contribution >= 4 is 5.57 Å². The van der Waals surface area contributed by atoms with Crippen molar-refractivity contribution in [2.45, 2.75) is 45.1 Å². The Balaban J connectivity index is 1.62. The maximum atomic E-state index is 14.7. The van der Waals surface area contributed by atoms with Crippen LogP contribution >= 0.6 is 0 Å². The van der Waals surface area contributed by atoms with E-state index in [1.165, 1.54) is 44.1 Å². The fraction of sp³-hybridized carbons (Fsp3) is 0.619. The molecule has 1 aromatic carbocycles. The van der Waals surface area contributed by atoms with Gasteiger partial charge in [-0.25, -0.2) is 4.39 Å². The van der Waals surface area contributed by atoms with Crippen LogP contribution in [0.2, 0.25) is 0 Å². The van der Waals surface area contributed by atoms with Crippen molar-refractivity contribution in [1.29, 1.82) is 0 Å². The number of benzene rings is 1. The van der Waals surface area contributed by atoms with Crippen molar-refractivity contribution in [2.75, 3.05) is 20.2 Å². The second kappa shape index (κ2) is 5.54. The molecule has 6 rings (SSSR count). The van der Waals surface area contributed by atoms with Crippen LogP contribution in [0.5, 0.6) is 5.75 Å². The lowest BCUT2D eigenvalue weighted by molar-refractivity contribution is -0.0273. The van der Waals surface area contributed by atoms with Gasteiger partial charge in [0, 0.05) is 24.7 Å². The van der Waals surface area contributed by atoms with Crippen molar-refractivity contribution in [3.63, 3.8) is 0 Å². The summed E-state index contributed by atoms with van der Waals surface area (Å²) in [5.41, 5.74) is 4.15. The van der Waals surface area contributed by atoms with Crippen LogP contribution in [0.15, 0.2) is 11.6 Å². The van der Waals surface area contributed by atoms with Gasteiger partial charge in [-0.05, 0) is 60.6 Å². The highest BCUT2D eigenvalue weighted by Gasteiger charge is 2.49. The quantitative estimate of drug-likeness (QED) is 0.786. The highest BCUT2D eigenvalue weighted by molar-refractivity contribution is 5.78. The lowest BCUT2D eigenvalue weighted by Crippen LogP contribution is -2.57. The number of piperidine rings is 2. The molecule has 3 aliphatic heterocycles. The van der Waals surface area contributed by atoms with Crippen LogP contribution in [-0.2, 0) is 6.42 Å². The molecule has 5 aliphatic rings. The smallest absolute Gasteiger partial charge is 0.200 e. The molecule has 3 fully saturated rings. The SMILES string of the molecule is CC[C@H]1C[C@@H]2C[C@H]3C4=C(CCN(C2)[C@@H]13)c1cc(OC)c(F)c(F)c1C4. The molecule has 134 valence electrons. The summed E-state index contributed by atoms with van der Waals surface area (Å²) in [5, 5.41) is 0. The zero-order valence-corrected chi connectivity index (χ0v) is 14.9. The van der Waals surface area contributed by atoms with E-state index in [-0.39, 0.29) is 5.75 Å². The third-order valence-corrected chi connectivity index (χ3v) is 7.23. The van der Waals surface area contributed by atoms with Crippen LogP contribution in [0.4, 0.5) is 8.78 Å². The van der Waals surface area contributed by atoms with Crippen molar-refractivity contribution in [3.05, 3.63) is 34.4 Å². The van der Waals surface area contributed by atoms with E-state index >= 15 is 0 Å². The number of rotatable bonds is 2. The van der Waals surface area contributed by atoms with Gasteiger partial charge < -0.3 is 4.74 Å². The molecule has 4 bridgehead atoms. The molecule has 25 heavy (non-hydrogen) atoms. The molecule has 2 saturated heterocycles. The van der Waals surface area contributed by atoms with Gasteiger partial charge in [0.15, 0.2) is 11.6 Å². The van der Waals surface area contributed by atoms with Gasteiger partial charge in [0.2, 0.25) is 5.82 Å². The molecule has 2 nitrogen and oxygen atoms in total. The molecule has 0 radical (unpaired) electrons. The van der Waals surface area contributed by atoms with E-state index < -0.39 is 11.6 Å². The average Bonchev–Trinajstić information content (AvgIpc) is 2.96. The van der Waals surface area contributed by atoms with Crippen LogP contribution < -0.4 is 4.74 Å². The molecule has 1 saturated carbocycles. The second-order valence-electron chi connectivity index (χ2n) is 8.26. The highest BCUT2D eigenvalue weighted by atomic mass is 19.2. The van der Waals surface area contributed by atoms with Crippen LogP contribution in [0.3, 0.4) is 0 Å². The maximum Gasteiger partial charge on any atom is 0.200 e. The van der Waals surface area contributed by atoms with E-state index in [4.69, 9.17) is 4.74 Å². The second-order valence-corrected chi connectivity index (χ2v) is 8.26. The first-order chi connectivity index (χ1) is 12.1. The number of methoxy groups -OCH3 is 1. The number of nitrogens with zero attached hydrogens (tertiary/aromatic N) is 1. The minimum absolute atomic E-state index is 0.0329. The summed E-state index contributed by atoms with van der Waals surface area (Å²) < 4.78 is 33.9. The average molecular weight is 345 g/mol. The number of hydrogen-bond acceptors (Lipinski definition) is 2. The first kappa shape index (κ1) is 15.8. The molecular formula is C21H25F2NO. The summed E-state index contributed by atoms with van der Waals surface area (Å²) in [5.74, 6) is 0.543. The zero-order valence-electron chi connectivity index (χ0n) is 14.9. The summed E-state index contributed by atoms with van der Waals surface area (Å²) in [6.45, 7) is 4.58. The van der Waals surface area contributed by atoms with Crippen LogP contribution in [-0.4, -0.2) is 31.1 Å². The van der Waals surface area contributed by atoms with E-state index in [1.807, 2.05) is 0 Å². The monoisotopic (exact) mass is 345 g/mol. The molecule has 2 aliphatic carbocycles. The van der Waals surface area contributed by atoms with Crippen molar-refractivity contribution in [2.24, 2.45) is 17.8 Å². The van der Waals surface area contributed by atoms with Crippen LogP contribution in [0.1, 0.15) is 43.7 Å². The van der Waals surface area contributed by atoms with E-state index in [9.17, 15) is 8.78 Å². The third-order valence-electron chi connectivity index (χ3n) is 7.23. The molecule has 1 unspecified atom stereocenters. The Labute approximate surface area is 147 Å². The Morgan fingerprint density at radius 3 is 2.84 bits per heavy atom. The van der Waals surface area contributed by atoms with Gasteiger partial charge in [0.25, 0.3) is 0 Å². The highest BCUT2D eigenvalue weighted by Crippen LogP contribution is 2.53. The number of halogens is 2. The lowest BCUT2D eigenvalue weighted by Gasteiger charge is -2.54. The Kier molecular flexibility index (Phi) is 3.50. The topological polar surface area (TPSA) is 12.5 Å². The fourth-order valence-electron chi connectivity index (χ4n) is 6.25. The van der Waals surface area contributed by atoms with Gasteiger partial charge in [-0.3, -0.25) is 4.90 Å². The predicted molar refractivity (Wildman–Crippen MR) is 93.5 cm³/mol. The third kappa shape index (κ3) is 2.09. The Morgan fingerprint density at radius 1 is 1.24 bits per heavy atom. The maximum absolute atomic E-state index is 14.7. The summed E-state index contributed by atoms with van der Waals surface area (Å²) in [4.78, 5) is 2.70. The minimum Gasteiger partial charge on any atom is -0.494 e. The van der Waals surface area contributed by atoms with E-state index in [2.05, 4.69) is 11.8 Å². The first-order valence-electron chi connectivity index (χ1n) is 9.63. The van der Waals surface area contributed by atoms with Gasteiger partial charge in [0.1, 0.15) is 0 Å². The fourth-order valence-corrected chi connectivity index (χ4v) is 6.25. The number of hydrogen-bond donors (Lipinski definition) is 0. The van der Waals surface area contributed by atoms with Crippen molar-refractivity contribution in [3.8, 4) is 5.75 Å². The zero-order chi connectivity index (χ0) is 17.3. The molecule has 0 amide bonds. The largest absolute Gasteiger partial charge is 0.494 e. The van der Waals surface area contributed by atoms with Crippen molar-refractivity contribution < 1.29 is 13.5 Å². The molecule has 0 spiro atoms. The van der Waals surface area contributed by atoms with Crippen LogP contribution in [0, 0.1) is 29.4 Å². The molecule has 0 N–H and O–H groups in total. The van der Waals surface area contributed by atoms with Gasteiger partial charge in [-0.15, -0.1) is 0 Å². The van der Waals surface area contributed by atoms with Gasteiger partial charge in [0.05, 0.1) is 7.11 Å². The normalized spacial score (nSPS) is 35.4. The number of ether oxygens (including phenoxy) is 1. The van der Waals surface area contributed by atoms with E-state index in [1.54, 1.807) is 6.07 Å².